The van der Waals surface area contributed by atoms with E-state index in [0.717, 1.165) is 5.56 Å². The van der Waals surface area contributed by atoms with Gasteiger partial charge < -0.3 is 24.5 Å². The van der Waals surface area contributed by atoms with Crippen LogP contribution in [0.15, 0.2) is 41.3 Å². The van der Waals surface area contributed by atoms with Gasteiger partial charge in [-0.25, -0.2) is 0 Å². The smallest absolute Gasteiger partial charge is 0.302 e. The van der Waals surface area contributed by atoms with Gasteiger partial charge in [0.1, 0.15) is 6.10 Å². The normalized spacial score (nSPS) is 20.5. The van der Waals surface area contributed by atoms with Crippen molar-refractivity contribution < 1.29 is 23.8 Å². The first-order valence-corrected chi connectivity index (χ1v) is 10.4. The molecule has 1 amide bonds. The zero-order valence-electron chi connectivity index (χ0n) is 18.0. The van der Waals surface area contributed by atoms with Crippen molar-refractivity contribution in [1.29, 1.82) is 0 Å². The Hall–Kier alpha value is -3.29. The molecule has 3 atom stereocenters. The van der Waals surface area contributed by atoms with Crippen molar-refractivity contribution in [3.05, 3.63) is 58.0 Å². The highest BCUT2D eigenvalue weighted by molar-refractivity contribution is 5.94. The molecule has 0 radical (unpaired) electrons. The zero-order valence-corrected chi connectivity index (χ0v) is 18.0. The lowest BCUT2D eigenvalue weighted by Crippen LogP contribution is -2.44. The standard InChI is InChI=1S/C23H28N2O6/c1-4-30-21-11-15(5-9-20(21)29-3)18-12-17(31-14(2)26)7-8-19(18)25-23(28)16-6-10-22(27)24-13-16/h5-6,9-11,13,17-19H,4,7-8,12H2,1-3H3,(H,24,27)(H,25,28)/t17-,18-,19-/m1/s1. The first-order valence-electron chi connectivity index (χ1n) is 10.4. The summed E-state index contributed by atoms with van der Waals surface area (Å²) < 4.78 is 16.6. The molecule has 2 N–H and O–H groups in total. The fraction of sp³-hybridized carbons (Fsp3) is 0.435. The number of H-pyrrole nitrogens is 1. The van der Waals surface area contributed by atoms with Gasteiger partial charge >= 0.3 is 5.97 Å². The minimum Gasteiger partial charge on any atom is -0.493 e. The van der Waals surface area contributed by atoms with Crippen molar-refractivity contribution in [1.82, 2.24) is 10.3 Å². The highest BCUT2D eigenvalue weighted by atomic mass is 16.5. The van der Waals surface area contributed by atoms with Gasteiger partial charge in [-0.1, -0.05) is 6.07 Å². The Morgan fingerprint density at radius 3 is 2.61 bits per heavy atom. The van der Waals surface area contributed by atoms with Crippen LogP contribution < -0.4 is 20.3 Å². The van der Waals surface area contributed by atoms with Gasteiger partial charge in [0.05, 0.1) is 19.3 Å². The van der Waals surface area contributed by atoms with Crippen molar-refractivity contribution >= 4 is 11.9 Å². The van der Waals surface area contributed by atoms with Crippen LogP contribution in [0.5, 0.6) is 11.5 Å². The molecule has 1 aromatic carbocycles. The fourth-order valence-electron chi connectivity index (χ4n) is 4.01. The van der Waals surface area contributed by atoms with E-state index in [2.05, 4.69) is 10.3 Å². The second-order valence-electron chi connectivity index (χ2n) is 7.52. The Bertz CT molecular complexity index is 966. The SMILES string of the molecule is CCOc1cc([C@H]2C[C@H](OC(C)=O)CC[C@H]2NC(=O)c2ccc(=O)[nH]c2)ccc1OC. The summed E-state index contributed by atoms with van der Waals surface area (Å²) in [6, 6.07) is 8.35. The van der Waals surface area contributed by atoms with E-state index >= 15 is 0 Å². The lowest BCUT2D eigenvalue weighted by molar-refractivity contribution is -0.148. The molecular weight excluding hydrogens is 400 g/mol. The number of esters is 1. The minimum atomic E-state index is -0.316. The molecule has 0 aliphatic heterocycles. The number of carbonyl (C=O) groups is 2. The number of benzene rings is 1. The average Bonchev–Trinajstić information content (AvgIpc) is 2.75. The molecule has 2 aromatic rings. The Labute approximate surface area is 180 Å². The predicted octanol–water partition coefficient (Wildman–Crippen LogP) is 2.78. The molecule has 3 rings (SSSR count). The molecule has 31 heavy (non-hydrogen) atoms. The van der Waals surface area contributed by atoms with Crippen LogP contribution >= 0.6 is 0 Å². The largest absolute Gasteiger partial charge is 0.493 e. The van der Waals surface area contributed by atoms with E-state index in [-0.39, 0.29) is 35.5 Å². The van der Waals surface area contributed by atoms with Crippen LogP contribution in [-0.2, 0) is 9.53 Å². The maximum atomic E-state index is 12.8. The molecular formula is C23H28N2O6. The second-order valence-corrected chi connectivity index (χ2v) is 7.52. The van der Waals surface area contributed by atoms with Gasteiger partial charge in [-0.05, 0) is 49.9 Å². The van der Waals surface area contributed by atoms with Gasteiger partial charge in [0.25, 0.3) is 5.91 Å². The molecule has 166 valence electrons. The number of aromatic nitrogens is 1. The quantitative estimate of drug-likeness (QED) is 0.657. The van der Waals surface area contributed by atoms with Gasteiger partial charge in [0.2, 0.25) is 5.56 Å². The van der Waals surface area contributed by atoms with Crippen molar-refractivity contribution in [3.8, 4) is 11.5 Å². The summed E-state index contributed by atoms with van der Waals surface area (Å²) in [5.41, 5.74) is 1.08. The molecule has 1 aliphatic rings. The number of rotatable bonds is 7. The molecule has 0 unspecified atom stereocenters. The maximum Gasteiger partial charge on any atom is 0.302 e. The van der Waals surface area contributed by atoms with Crippen LogP contribution in [0.2, 0.25) is 0 Å². The predicted molar refractivity (Wildman–Crippen MR) is 115 cm³/mol. The summed E-state index contributed by atoms with van der Waals surface area (Å²) in [6.07, 6.45) is 3.06. The first-order chi connectivity index (χ1) is 14.9. The van der Waals surface area contributed by atoms with Crippen molar-refractivity contribution in [2.45, 2.75) is 51.2 Å². The van der Waals surface area contributed by atoms with Gasteiger partial charge in [-0.15, -0.1) is 0 Å². The van der Waals surface area contributed by atoms with Crippen LogP contribution in [0.25, 0.3) is 0 Å². The first kappa shape index (κ1) is 22.4. The number of pyridine rings is 1. The van der Waals surface area contributed by atoms with Crippen molar-refractivity contribution in [2.24, 2.45) is 0 Å². The van der Waals surface area contributed by atoms with Crippen molar-refractivity contribution in [3.63, 3.8) is 0 Å². The van der Waals surface area contributed by atoms with E-state index in [1.807, 2.05) is 25.1 Å². The van der Waals surface area contributed by atoms with Crippen LogP contribution in [-0.4, -0.2) is 42.7 Å². The fourth-order valence-corrected chi connectivity index (χ4v) is 4.01. The van der Waals surface area contributed by atoms with Crippen LogP contribution in [0, 0.1) is 0 Å². The number of methoxy groups -OCH3 is 1. The van der Waals surface area contributed by atoms with Crippen LogP contribution in [0.3, 0.4) is 0 Å². The molecule has 0 bridgehead atoms. The lowest BCUT2D eigenvalue weighted by atomic mass is 9.78. The molecule has 1 aromatic heterocycles. The van der Waals surface area contributed by atoms with E-state index in [4.69, 9.17) is 14.2 Å². The van der Waals surface area contributed by atoms with E-state index in [1.54, 1.807) is 7.11 Å². The number of aromatic amines is 1. The number of nitrogens with one attached hydrogen (secondary N) is 2. The number of carbonyl (C=O) groups excluding carboxylic acids is 2. The second kappa shape index (κ2) is 10.1. The van der Waals surface area contributed by atoms with E-state index in [1.165, 1.54) is 25.3 Å². The van der Waals surface area contributed by atoms with Crippen LogP contribution in [0.4, 0.5) is 0 Å². The highest BCUT2D eigenvalue weighted by Gasteiger charge is 2.34. The molecule has 1 aliphatic carbocycles. The Kier molecular flexibility index (Phi) is 7.33. The number of ether oxygens (including phenoxy) is 3. The third kappa shape index (κ3) is 5.65. The monoisotopic (exact) mass is 428 g/mol. The Balaban J connectivity index is 1.87. The highest BCUT2D eigenvalue weighted by Crippen LogP contribution is 2.38. The summed E-state index contributed by atoms with van der Waals surface area (Å²) in [4.78, 5) is 38.1. The third-order valence-corrected chi connectivity index (χ3v) is 5.41. The molecule has 0 saturated heterocycles. The molecule has 1 heterocycles. The maximum absolute atomic E-state index is 12.8. The van der Waals surface area contributed by atoms with E-state index in [9.17, 15) is 14.4 Å². The molecule has 8 heteroatoms. The van der Waals surface area contributed by atoms with Gasteiger partial charge in [0, 0.05) is 31.1 Å². The summed E-state index contributed by atoms with van der Waals surface area (Å²) in [6.45, 7) is 3.79. The van der Waals surface area contributed by atoms with E-state index < -0.39 is 0 Å². The number of hydrogen-bond donors (Lipinski definition) is 2. The summed E-state index contributed by atoms with van der Waals surface area (Å²) in [5, 5.41) is 3.08. The summed E-state index contributed by atoms with van der Waals surface area (Å²) in [5.74, 6) is 0.587. The number of hydrogen-bond acceptors (Lipinski definition) is 6. The lowest BCUT2D eigenvalue weighted by Gasteiger charge is -2.36. The topological polar surface area (TPSA) is 107 Å². The zero-order chi connectivity index (χ0) is 22.4. The van der Waals surface area contributed by atoms with Crippen molar-refractivity contribution in [2.75, 3.05) is 13.7 Å². The Morgan fingerprint density at radius 2 is 1.97 bits per heavy atom. The molecule has 8 nitrogen and oxygen atoms in total. The Morgan fingerprint density at radius 1 is 1.16 bits per heavy atom. The molecule has 0 spiro atoms. The average molecular weight is 428 g/mol. The third-order valence-electron chi connectivity index (χ3n) is 5.41. The van der Waals surface area contributed by atoms with Crippen LogP contribution in [0.1, 0.15) is 54.9 Å². The molecule has 1 fully saturated rings. The molecule has 1 saturated carbocycles. The minimum absolute atomic E-state index is 0.0880. The summed E-state index contributed by atoms with van der Waals surface area (Å²) in [7, 11) is 1.59. The van der Waals surface area contributed by atoms with Gasteiger partial charge in [-0.3, -0.25) is 14.4 Å². The van der Waals surface area contributed by atoms with Gasteiger partial charge in [-0.2, -0.15) is 0 Å². The van der Waals surface area contributed by atoms with E-state index in [0.29, 0.717) is 42.9 Å². The number of amides is 1. The summed E-state index contributed by atoms with van der Waals surface area (Å²) >= 11 is 0. The van der Waals surface area contributed by atoms with Gasteiger partial charge in [0.15, 0.2) is 11.5 Å².